The number of hydrogen-bond acceptors (Lipinski definition) is 5. The van der Waals surface area contributed by atoms with Crippen LogP contribution in [-0.4, -0.2) is 25.6 Å². The first-order chi connectivity index (χ1) is 16.0. The van der Waals surface area contributed by atoms with Gasteiger partial charge in [-0.1, -0.05) is 52.6 Å². The van der Waals surface area contributed by atoms with E-state index in [2.05, 4.69) is 20.4 Å². The molecule has 0 bridgehead atoms. The van der Waals surface area contributed by atoms with Gasteiger partial charge in [0.25, 0.3) is 11.8 Å². The largest absolute Gasteiger partial charge is 0.339 e. The molecule has 1 N–H and O–H groups in total. The monoisotopic (exact) mass is 477 g/mol. The van der Waals surface area contributed by atoms with Crippen LogP contribution in [0.15, 0.2) is 71.6 Å². The van der Waals surface area contributed by atoms with Crippen LogP contribution in [-0.2, 0) is 6.54 Å². The number of fused-ring (bicyclic) bond motifs is 1. The molecular formula is C24H17Cl2N5O2. The van der Waals surface area contributed by atoms with Gasteiger partial charge in [-0.05, 0) is 36.8 Å². The van der Waals surface area contributed by atoms with Gasteiger partial charge in [0.05, 0.1) is 22.3 Å². The quantitative estimate of drug-likeness (QED) is 0.335. The lowest BCUT2D eigenvalue weighted by molar-refractivity contribution is 0.102. The van der Waals surface area contributed by atoms with Crippen molar-refractivity contribution >= 4 is 45.7 Å². The molecule has 5 aromatic rings. The first-order valence-corrected chi connectivity index (χ1v) is 10.8. The maximum absolute atomic E-state index is 12.9. The van der Waals surface area contributed by atoms with Crippen molar-refractivity contribution in [2.24, 2.45) is 0 Å². The minimum absolute atomic E-state index is 0.266. The average molecular weight is 478 g/mol. The Morgan fingerprint density at radius 2 is 1.85 bits per heavy atom. The van der Waals surface area contributed by atoms with E-state index >= 15 is 0 Å². The number of benzene rings is 2. The molecular weight excluding hydrogens is 461 g/mol. The summed E-state index contributed by atoms with van der Waals surface area (Å²) in [4.78, 5) is 21.3. The number of halogens is 2. The molecule has 3 aromatic heterocycles. The van der Waals surface area contributed by atoms with Crippen LogP contribution >= 0.6 is 23.2 Å². The molecule has 9 heteroatoms. The van der Waals surface area contributed by atoms with Crippen LogP contribution < -0.4 is 5.32 Å². The van der Waals surface area contributed by atoms with E-state index in [4.69, 9.17) is 27.7 Å². The molecule has 0 saturated carbocycles. The zero-order chi connectivity index (χ0) is 22.9. The molecule has 0 atom stereocenters. The number of aryl methyl sites for hydroxylation is 1. The Hall–Kier alpha value is -3.68. The van der Waals surface area contributed by atoms with Crippen molar-refractivity contribution in [2.75, 3.05) is 5.32 Å². The van der Waals surface area contributed by atoms with Gasteiger partial charge in [0.1, 0.15) is 0 Å². The molecule has 33 heavy (non-hydrogen) atoms. The van der Waals surface area contributed by atoms with Crippen LogP contribution in [0.4, 0.5) is 5.69 Å². The molecule has 0 radical (unpaired) electrons. The van der Waals surface area contributed by atoms with Crippen molar-refractivity contribution in [3.63, 3.8) is 0 Å². The SMILES string of the molecule is Cc1cn(Cc2noc(-c3ccccc3)n2)c2cc(C(=O)Nc3c(Cl)cncc3Cl)ccc12. The van der Waals surface area contributed by atoms with Crippen LogP contribution in [0.25, 0.3) is 22.4 Å². The predicted octanol–water partition coefficient (Wildman–Crippen LogP) is 6.00. The van der Waals surface area contributed by atoms with Crippen molar-refractivity contribution in [3.05, 3.63) is 94.1 Å². The van der Waals surface area contributed by atoms with Gasteiger partial charge in [0.2, 0.25) is 0 Å². The summed E-state index contributed by atoms with van der Waals surface area (Å²) in [5, 5.41) is 8.44. The molecule has 0 fully saturated rings. The molecule has 7 nitrogen and oxygen atoms in total. The fourth-order valence-electron chi connectivity index (χ4n) is 3.63. The lowest BCUT2D eigenvalue weighted by atomic mass is 10.1. The van der Waals surface area contributed by atoms with E-state index < -0.39 is 0 Å². The van der Waals surface area contributed by atoms with Gasteiger partial charge in [0, 0.05) is 40.6 Å². The predicted molar refractivity (Wildman–Crippen MR) is 128 cm³/mol. The summed E-state index contributed by atoms with van der Waals surface area (Å²) in [5.74, 6) is 0.671. The number of anilines is 1. The minimum atomic E-state index is -0.330. The minimum Gasteiger partial charge on any atom is -0.339 e. The van der Waals surface area contributed by atoms with Gasteiger partial charge in [0.15, 0.2) is 5.82 Å². The number of rotatable bonds is 5. The molecule has 0 aliphatic carbocycles. The summed E-state index contributed by atoms with van der Waals surface area (Å²) in [6.45, 7) is 2.41. The van der Waals surface area contributed by atoms with E-state index in [1.807, 2.05) is 60.2 Å². The Morgan fingerprint density at radius 3 is 2.61 bits per heavy atom. The lowest BCUT2D eigenvalue weighted by Crippen LogP contribution is -2.13. The number of nitrogens with zero attached hydrogens (tertiary/aromatic N) is 4. The maximum Gasteiger partial charge on any atom is 0.257 e. The van der Waals surface area contributed by atoms with Crippen molar-refractivity contribution in [2.45, 2.75) is 13.5 Å². The van der Waals surface area contributed by atoms with E-state index in [1.54, 1.807) is 6.07 Å². The van der Waals surface area contributed by atoms with E-state index in [0.717, 1.165) is 22.0 Å². The fraction of sp³-hybridized carbons (Fsp3) is 0.0833. The van der Waals surface area contributed by atoms with Crippen LogP contribution in [0.3, 0.4) is 0 Å². The number of aromatic nitrogens is 4. The second-order valence-electron chi connectivity index (χ2n) is 7.49. The third-order valence-electron chi connectivity index (χ3n) is 5.24. The number of amides is 1. The Bertz CT molecular complexity index is 1460. The van der Waals surface area contributed by atoms with Crippen molar-refractivity contribution < 1.29 is 9.32 Å². The zero-order valence-corrected chi connectivity index (χ0v) is 18.9. The molecule has 0 spiro atoms. The first kappa shape index (κ1) is 21.2. The topological polar surface area (TPSA) is 85.8 Å². The summed E-state index contributed by atoms with van der Waals surface area (Å²) >= 11 is 12.3. The molecule has 0 aliphatic rings. The van der Waals surface area contributed by atoms with E-state index in [1.165, 1.54) is 12.4 Å². The van der Waals surface area contributed by atoms with Gasteiger partial charge in [-0.3, -0.25) is 9.78 Å². The summed E-state index contributed by atoms with van der Waals surface area (Å²) in [7, 11) is 0. The molecule has 2 aromatic carbocycles. The zero-order valence-electron chi connectivity index (χ0n) is 17.4. The molecule has 5 rings (SSSR count). The number of pyridine rings is 1. The molecule has 164 valence electrons. The van der Waals surface area contributed by atoms with Gasteiger partial charge < -0.3 is 14.4 Å². The van der Waals surface area contributed by atoms with Gasteiger partial charge in [-0.25, -0.2) is 0 Å². The van der Waals surface area contributed by atoms with E-state index in [9.17, 15) is 4.79 Å². The highest BCUT2D eigenvalue weighted by atomic mass is 35.5. The summed E-state index contributed by atoms with van der Waals surface area (Å²) in [6, 6.07) is 15.1. The number of carbonyl (C=O) groups excluding carboxylic acids is 1. The standard InChI is InChI=1S/C24H17Cl2N5O2/c1-14-12-31(13-21-28-24(33-30-21)15-5-3-2-4-6-15)20-9-16(7-8-17(14)20)23(32)29-22-18(25)10-27-11-19(22)26/h2-12H,13H2,1H3,(H,27,29,32). The van der Waals surface area contributed by atoms with Crippen molar-refractivity contribution in [1.29, 1.82) is 0 Å². The molecule has 3 heterocycles. The number of hydrogen-bond donors (Lipinski definition) is 1. The fourth-order valence-corrected chi connectivity index (χ4v) is 4.09. The summed E-state index contributed by atoms with van der Waals surface area (Å²) in [6.07, 6.45) is 4.85. The highest BCUT2D eigenvalue weighted by Gasteiger charge is 2.16. The molecule has 0 saturated heterocycles. The van der Waals surface area contributed by atoms with Crippen molar-refractivity contribution in [1.82, 2.24) is 19.7 Å². The third kappa shape index (κ3) is 4.20. The second kappa shape index (κ2) is 8.69. The lowest BCUT2D eigenvalue weighted by Gasteiger charge is -2.09. The van der Waals surface area contributed by atoms with Crippen LogP contribution in [0.5, 0.6) is 0 Å². The molecule has 0 unspecified atom stereocenters. The van der Waals surface area contributed by atoms with Gasteiger partial charge >= 0.3 is 0 Å². The Balaban J connectivity index is 1.44. The van der Waals surface area contributed by atoms with E-state index in [0.29, 0.717) is 29.5 Å². The third-order valence-corrected chi connectivity index (χ3v) is 5.81. The number of carbonyl (C=O) groups is 1. The first-order valence-electron chi connectivity index (χ1n) is 10.1. The Morgan fingerprint density at radius 1 is 1.09 bits per heavy atom. The molecule has 0 aliphatic heterocycles. The Kier molecular flexibility index (Phi) is 5.58. The van der Waals surface area contributed by atoms with Gasteiger partial charge in [-0.15, -0.1) is 0 Å². The summed E-state index contributed by atoms with van der Waals surface area (Å²) in [5.41, 5.74) is 3.59. The molecule has 1 amide bonds. The Labute approximate surface area is 199 Å². The van der Waals surface area contributed by atoms with E-state index in [-0.39, 0.29) is 16.0 Å². The highest BCUT2D eigenvalue weighted by molar-refractivity contribution is 6.39. The summed E-state index contributed by atoms with van der Waals surface area (Å²) < 4.78 is 7.42. The van der Waals surface area contributed by atoms with Crippen LogP contribution in [0, 0.1) is 6.92 Å². The van der Waals surface area contributed by atoms with Crippen molar-refractivity contribution in [3.8, 4) is 11.5 Å². The number of nitrogens with one attached hydrogen (secondary N) is 1. The van der Waals surface area contributed by atoms with Crippen LogP contribution in [0.2, 0.25) is 10.0 Å². The smallest absolute Gasteiger partial charge is 0.257 e. The van der Waals surface area contributed by atoms with Gasteiger partial charge in [-0.2, -0.15) is 4.98 Å². The highest BCUT2D eigenvalue weighted by Crippen LogP contribution is 2.30. The van der Waals surface area contributed by atoms with Crippen LogP contribution in [0.1, 0.15) is 21.7 Å². The second-order valence-corrected chi connectivity index (χ2v) is 8.30. The average Bonchev–Trinajstić information content (AvgIpc) is 3.41. The maximum atomic E-state index is 12.9. The normalized spacial score (nSPS) is 11.1.